The summed E-state index contributed by atoms with van der Waals surface area (Å²) < 4.78 is 6.90. The summed E-state index contributed by atoms with van der Waals surface area (Å²) in [6.07, 6.45) is 4.89. The van der Waals surface area contributed by atoms with Crippen LogP contribution in [-0.4, -0.2) is 25.5 Å². The number of carbonyl (C=O) groups excluding carboxylic acids is 1. The van der Waals surface area contributed by atoms with Gasteiger partial charge in [-0.25, -0.2) is 9.97 Å². The van der Waals surface area contributed by atoms with E-state index in [4.69, 9.17) is 4.42 Å². The largest absolute Gasteiger partial charge is 0.467 e. The van der Waals surface area contributed by atoms with Gasteiger partial charge >= 0.3 is 0 Å². The van der Waals surface area contributed by atoms with Crippen LogP contribution < -0.4 is 5.32 Å². The van der Waals surface area contributed by atoms with Gasteiger partial charge < -0.3 is 9.73 Å². The molecule has 1 aliphatic carbocycles. The maximum atomic E-state index is 12.4. The van der Waals surface area contributed by atoms with Gasteiger partial charge in [-0.15, -0.1) is 16.4 Å². The van der Waals surface area contributed by atoms with Gasteiger partial charge in [-0.3, -0.25) is 4.79 Å². The molecule has 0 atom stereocenters. The number of rotatable bonds is 3. The molecule has 0 saturated heterocycles. The van der Waals surface area contributed by atoms with E-state index in [1.165, 1.54) is 16.9 Å². The van der Waals surface area contributed by atoms with Gasteiger partial charge in [0, 0.05) is 4.88 Å². The number of thiophene rings is 1. The van der Waals surface area contributed by atoms with Crippen molar-refractivity contribution in [1.82, 2.24) is 24.9 Å². The molecule has 1 N–H and O–H groups in total. The maximum absolute atomic E-state index is 12.4. The van der Waals surface area contributed by atoms with Gasteiger partial charge in [-0.1, -0.05) is 0 Å². The molecule has 0 saturated carbocycles. The number of fused-ring (bicyclic) bond motifs is 5. The molecule has 4 aromatic rings. The standard InChI is InChI=1S/C17H15N5O2S/c1-9-19-17-13(11-5-2-6-12(11)25-17)15-20-14(21-22(9)15)16(23)18-8-10-4-3-7-24-10/h3-4,7H,2,5-6,8H2,1H3,(H,18,23). The van der Waals surface area contributed by atoms with Crippen LogP contribution >= 0.6 is 11.3 Å². The monoisotopic (exact) mass is 353 g/mol. The summed E-state index contributed by atoms with van der Waals surface area (Å²) >= 11 is 1.74. The normalized spacial score (nSPS) is 13.6. The molecule has 8 heteroatoms. The zero-order chi connectivity index (χ0) is 17.0. The number of carbonyl (C=O) groups is 1. The van der Waals surface area contributed by atoms with Crippen LogP contribution in [0.5, 0.6) is 0 Å². The average Bonchev–Trinajstić information content (AvgIpc) is 3.34. The molecule has 0 bridgehead atoms. The van der Waals surface area contributed by atoms with Crippen LogP contribution in [0, 0.1) is 6.92 Å². The number of furan rings is 1. The Labute approximate surface area is 146 Å². The van der Waals surface area contributed by atoms with Gasteiger partial charge in [-0.05, 0) is 43.9 Å². The van der Waals surface area contributed by atoms with E-state index in [0.29, 0.717) is 12.3 Å². The molecule has 5 rings (SSSR count). The third-order valence-electron chi connectivity index (χ3n) is 4.51. The minimum atomic E-state index is -0.320. The molecular weight excluding hydrogens is 338 g/mol. The van der Waals surface area contributed by atoms with Crippen LogP contribution in [0.2, 0.25) is 0 Å². The SMILES string of the molecule is Cc1nc2sc3c(c2c2nc(C(=O)NCc4ccco4)nn12)CCC3. The number of amides is 1. The quantitative estimate of drug-likeness (QED) is 0.612. The lowest BCUT2D eigenvalue weighted by atomic mass is 10.2. The van der Waals surface area contributed by atoms with E-state index in [9.17, 15) is 4.79 Å². The van der Waals surface area contributed by atoms with Crippen LogP contribution in [-0.2, 0) is 19.4 Å². The molecule has 0 aromatic carbocycles. The molecule has 0 radical (unpaired) electrons. The molecular formula is C17H15N5O2S. The minimum absolute atomic E-state index is 0.155. The second kappa shape index (κ2) is 5.38. The van der Waals surface area contributed by atoms with Gasteiger partial charge in [0.15, 0.2) is 5.65 Å². The summed E-state index contributed by atoms with van der Waals surface area (Å²) in [6.45, 7) is 2.19. The van der Waals surface area contributed by atoms with Crippen molar-refractivity contribution >= 4 is 33.1 Å². The molecule has 0 spiro atoms. The van der Waals surface area contributed by atoms with Gasteiger partial charge in [0.1, 0.15) is 16.4 Å². The topological polar surface area (TPSA) is 85.3 Å². The highest BCUT2D eigenvalue weighted by Crippen LogP contribution is 2.38. The number of nitrogens with zero attached hydrogens (tertiary/aromatic N) is 4. The third-order valence-corrected chi connectivity index (χ3v) is 5.70. The van der Waals surface area contributed by atoms with Crippen molar-refractivity contribution in [3.05, 3.63) is 46.2 Å². The highest BCUT2D eigenvalue weighted by molar-refractivity contribution is 7.19. The Kier molecular flexibility index (Phi) is 3.14. The zero-order valence-electron chi connectivity index (χ0n) is 13.6. The van der Waals surface area contributed by atoms with Crippen LogP contribution in [0.25, 0.3) is 15.9 Å². The van der Waals surface area contributed by atoms with E-state index in [1.807, 2.05) is 13.0 Å². The van der Waals surface area contributed by atoms with Crippen LogP contribution in [0.1, 0.15) is 39.1 Å². The Morgan fingerprint density at radius 2 is 2.32 bits per heavy atom. The molecule has 0 aliphatic heterocycles. The lowest BCUT2D eigenvalue weighted by molar-refractivity contribution is 0.0938. The van der Waals surface area contributed by atoms with E-state index in [0.717, 1.165) is 34.5 Å². The van der Waals surface area contributed by atoms with Gasteiger partial charge in [0.05, 0.1) is 18.2 Å². The van der Waals surface area contributed by atoms with E-state index < -0.39 is 0 Å². The molecule has 1 aliphatic rings. The fourth-order valence-electron chi connectivity index (χ4n) is 3.35. The van der Waals surface area contributed by atoms with Gasteiger partial charge in [0.2, 0.25) is 5.82 Å². The molecule has 0 fully saturated rings. The smallest absolute Gasteiger partial charge is 0.291 e. The molecule has 4 aromatic heterocycles. The van der Waals surface area contributed by atoms with Crippen molar-refractivity contribution in [3.8, 4) is 0 Å². The molecule has 7 nitrogen and oxygen atoms in total. The number of aryl methyl sites for hydroxylation is 3. The van der Waals surface area contributed by atoms with Crippen LogP contribution in [0.4, 0.5) is 0 Å². The lowest BCUT2D eigenvalue weighted by Crippen LogP contribution is -2.23. The fraction of sp³-hybridized carbons (Fsp3) is 0.294. The first kappa shape index (κ1) is 14.6. The minimum Gasteiger partial charge on any atom is -0.467 e. The van der Waals surface area contributed by atoms with E-state index >= 15 is 0 Å². The second-order valence-corrected chi connectivity index (χ2v) is 7.21. The Bertz CT molecular complexity index is 1110. The Morgan fingerprint density at radius 1 is 1.40 bits per heavy atom. The average molecular weight is 353 g/mol. The molecule has 1 amide bonds. The first-order chi connectivity index (χ1) is 12.2. The summed E-state index contributed by atoms with van der Waals surface area (Å²) in [5.74, 6) is 1.26. The summed E-state index contributed by atoms with van der Waals surface area (Å²) in [7, 11) is 0. The Hall–Kier alpha value is -2.74. The number of nitrogens with one attached hydrogen (secondary N) is 1. The second-order valence-electron chi connectivity index (χ2n) is 6.13. The fourth-order valence-corrected chi connectivity index (χ4v) is 4.65. The maximum Gasteiger partial charge on any atom is 0.291 e. The van der Waals surface area contributed by atoms with E-state index in [1.54, 1.807) is 28.2 Å². The molecule has 126 valence electrons. The predicted octanol–water partition coefficient (Wildman–Crippen LogP) is 2.66. The highest BCUT2D eigenvalue weighted by atomic mass is 32.1. The summed E-state index contributed by atoms with van der Waals surface area (Å²) in [5, 5.41) is 8.22. The van der Waals surface area contributed by atoms with Crippen molar-refractivity contribution in [3.63, 3.8) is 0 Å². The van der Waals surface area contributed by atoms with E-state index in [-0.39, 0.29) is 11.7 Å². The Balaban J connectivity index is 1.57. The van der Waals surface area contributed by atoms with Crippen molar-refractivity contribution < 1.29 is 9.21 Å². The summed E-state index contributed by atoms with van der Waals surface area (Å²) in [5.41, 5.74) is 2.05. The predicted molar refractivity (Wildman–Crippen MR) is 92.8 cm³/mol. The molecule has 0 unspecified atom stereocenters. The molecule has 25 heavy (non-hydrogen) atoms. The van der Waals surface area contributed by atoms with Crippen molar-refractivity contribution in [2.45, 2.75) is 32.7 Å². The summed E-state index contributed by atoms with van der Waals surface area (Å²) in [4.78, 5) is 24.0. The van der Waals surface area contributed by atoms with E-state index in [2.05, 4.69) is 20.4 Å². The number of hydrogen-bond acceptors (Lipinski definition) is 6. The number of aromatic nitrogens is 4. The Morgan fingerprint density at radius 3 is 3.16 bits per heavy atom. The first-order valence-electron chi connectivity index (χ1n) is 8.19. The van der Waals surface area contributed by atoms with Crippen LogP contribution in [0.15, 0.2) is 22.8 Å². The van der Waals surface area contributed by atoms with Crippen LogP contribution in [0.3, 0.4) is 0 Å². The van der Waals surface area contributed by atoms with Gasteiger partial charge in [-0.2, -0.15) is 4.52 Å². The van der Waals surface area contributed by atoms with Crippen molar-refractivity contribution in [2.75, 3.05) is 0 Å². The molecule has 4 heterocycles. The zero-order valence-corrected chi connectivity index (χ0v) is 14.4. The highest BCUT2D eigenvalue weighted by Gasteiger charge is 2.24. The van der Waals surface area contributed by atoms with Crippen molar-refractivity contribution in [2.24, 2.45) is 0 Å². The first-order valence-corrected chi connectivity index (χ1v) is 9.00. The van der Waals surface area contributed by atoms with Gasteiger partial charge in [0.25, 0.3) is 5.91 Å². The summed E-state index contributed by atoms with van der Waals surface area (Å²) in [6, 6.07) is 3.59. The third kappa shape index (κ3) is 2.25. The van der Waals surface area contributed by atoms with Crippen molar-refractivity contribution in [1.29, 1.82) is 0 Å². The lowest BCUT2D eigenvalue weighted by Gasteiger charge is -1.99. The number of hydrogen-bond donors (Lipinski definition) is 1.